The smallest absolute Gasteiger partial charge is 0.0406 e. The highest BCUT2D eigenvalue weighted by molar-refractivity contribution is 6.30. The van der Waals surface area contributed by atoms with Crippen molar-refractivity contribution in [2.75, 3.05) is 26.7 Å². The van der Waals surface area contributed by atoms with E-state index in [-0.39, 0.29) is 0 Å². The van der Waals surface area contributed by atoms with E-state index in [1.165, 1.54) is 5.56 Å². The summed E-state index contributed by atoms with van der Waals surface area (Å²) in [5.41, 5.74) is 1.28. The summed E-state index contributed by atoms with van der Waals surface area (Å²) in [5, 5.41) is 4.29. The molecule has 2 nitrogen and oxygen atoms in total. The summed E-state index contributed by atoms with van der Waals surface area (Å²) in [6, 6.07) is 8.40. The van der Waals surface area contributed by atoms with Crippen LogP contribution in [0.25, 0.3) is 0 Å². The van der Waals surface area contributed by atoms with Gasteiger partial charge in [-0.2, -0.15) is 0 Å². The Balaban J connectivity index is 2.35. The molecule has 0 heterocycles. The van der Waals surface area contributed by atoms with E-state index in [0.29, 0.717) is 6.04 Å². The third-order valence-corrected chi connectivity index (χ3v) is 3.11. The number of nitrogens with zero attached hydrogens (tertiary/aromatic N) is 1. The zero-order chi connectivity index (χ0) is 12.0. The van der Waals surface area contributed by atoms with Crippen LogP contribution < -0.4 is 5.32 Å². The molecule has 0 aliphatic rings. The van der Waals surface area contributed by atoms with Crippen LogP contribution in [0.1, 0.15) is 25.5 Å². The maximum absolute atomic E-state index is 5.85. The second-order valence-corrected chi connectivity index (χ2v) is 4.56. The van der Waals surface area contributed by atoms with Crippen LogP contribution in [-0.2, 0) is 0 Å². The van der Waals surface area contributed by atoms with Crippen molar-refractivity contribution >= 4 is 11.6 Å². The summed E-state index contributed by atoms with van der Waals surface area (Å²) >= 11 is 5.85. The van der Waals surface area contributed by atoms with Crippen LogP contribution in [0.4, 0.5) is 0 Å². The maximum atomic E-state index is 5.85. The number of rotatable bonds is 6. The molecule has 1 rings (SSSR count). The number of nitrogens with one attached hydrogen (secondary N) is 1. The van der Waals surface area contributed by atoms with Gasteiger partial charge in [0, 0.05) is 24.2 Å². The molecule has 0 aliphatic heterocycles. The summed E-state index contributed by atoms with van der Waals surface area (Å²) in [6.45, 7) is 7.53. The first kappa shape index (κ1) is 13.5. The average molecular weight is 241 g/mol. The largest absolute Gasteiger partial charge is 0.309 e. The molecule has 1 aromatic carbocycles. The number of benzene rings is 1. The van der Waals surface area contributed by atoms with Crippen LogP contribution in [0.5, 0.6) is 0 Å². The van der Waals surface area contributed by atoms with E-state index in [2.05, 4.69) is 43.2 Å². The summed E-state index contributed by atoms with van der Waals surface area (Å²) < 4.78 is 0. The minimum absolute atomic E-state index is 0.377. The van der Waals surface area contributed by atoms with Gasteiger partial charge in [-0.1, -0.05) is 30.7 Å². The lowest BCUT2D eigenvalue weighted by molar-refractivity contribution is 0.342. The minimum Gasteiger partial charge on any atom is -0.309 e. The van der Waals surface area contributed by atoms with Crippen molar-refractivity contribution < 1.29 is 0 Å². The lowest BCUT2D eigenvalue weighted by atomic mass is 10.1. The Hall–Kier alpha value is -0.570. The van der Waals surface area contributed by atoms with E-state index < -0.39 is 0 Å². The van der Waals surface area contributed by atoms with Crippen LogP contribution >= 0.6 is 11.6 Å². The maximum Gasteiger partial charge on any atom is 0.0406 e. The molecular weight excluding hydrogens is 220 g/mol. The van der Waals surface area contributed by atoms with E-state index in [0.717, 1.165) is 24.7 Å². The number of likely N-dealkylation sites (N-methyl/N-ethyl adjacent to an activating group) is 1. The zero-order valence-corrected chi connectivity index (χ0v) is 11.1. The van der Waals surface area contributed by atoms with Crippen molar-refractivity contribution in [3.05, 3.63) is 34.9 Å². The van der Waals surface area contributed by atoms with E-state index in [1.807, 2.05) is 12.1 Å². The molecule has 0 radical (unpaired) electrons. The molecule has 90 valence electrons. The van der Waals surface area contributed by atoms with Crippen molar-refractivity contribution in [1.82, 2.24) is 10.2 Å². The van der Waals surface area contributed by atoms with Gasteiger partial charge in [0.2, 0.25) is 0 Å². The molecule has 0 amide bonds. The fraction of sp³-hybridized carbons (Fsp3) is 0.538. The fourth-order valence-corrected chi connectivity index (χ4v) is 1.63. The van der Waals surface area contributed by atoms with Crippen LogP contribution in [0.2, 0.25) is 5.02 Å². The van der Waals surface area contributed by atoms with Crippen molar-refractivity contribution in [3.8, 4) is 0 Å². The lowest BCUT2D eigenvalue weighted by Crippen LogP contribution is -2.30. The Morgan fingerprint density at radius 2 is 1.94 bits per heavy atom. The van der Waals surface area contributed by atoms with Gasteiger partial charge in [-0.15, -0.1) is 0 Å². The molecule has 0 saturated heterocycles. The van der Waals surface area contributed by atoms with E-state index in [1.54, 1.807) is 0 Å². The van der Waals surface area contributed by atoms with Gasteiger partial charge in [0.05, 0.1) is 0 Å². The zero-order valence-electron chi connectivity index (χ0n) is 10.3. The Morgan fingerprint density at radius 1 is 1.31 bits per heavy atom. The summed E-state index contributed by atoms with van der Waals surface area (Å²) in [6.07, 6.45) is 0. The highest BCUT2D eigenvalue weighted by Crippen LogP contribution is 2.15. The van der Waals surface area contributed by atoms with Crippen molar-refractivity contribution in [1.29, 1.82) is 0 Å². The third-order valence-electron chi connectivity index (χ3n) is 2.85. The summed E-state index contributed by atoms with van der Waals surface area (Å²) in [5.74, 6) is 0. The molecule has 0 fully saturated rings. The quantitative estimate of drug-likeness (QED) is 0.823. The van der Waals surface area contributed by atoms with Gasteiger partial charge in [0.15, 0.2) is 0 Å². The molecule has 1 aromatic rings. The molecule has 0 bridgehead atoms. The van der Waals surface area contributed by atoms with Gasteiger partial charge < -0.3 is 10.2 Å². The van der Waals surface area contributed by atoms with Crippen LogP contribution in [0.15, 0.2) is 24.3 Å². The number of hydrogen-bond acceptors (Lipinski definition) is 2. The Morgan fingerprint density at radius 3 is 2.50 bits per heavy atom. The predicted molar refractivity (Wildman–Crippen MR) is 71.0 cm³/mol. The van der Waals surface area contributed by atoms with E-state index >= 15 is 0 Å². The topological polar surface area (TPSA) is 15.3 Å². The van der Waals surface area contributed by atoms with Gasteiger partial charge >= 0.3 is 0 Å². The number of hydrogen-bond donors (Lipinski definition) is 1. The molecule has 0 aliphatic carbocycles. The van der Waals surface area contributed by atoms with Crippen LogP contribution in [0.3, 0.4) is 0 Å². The first-order chi connectivity index (χ1) is 7.63. The first-order valence-electron chi connectivity index (χ1n) is 5.81. The SMILES string of the molecule is CCN(C)CCNC(C)c1ccc(Cl)cc1. The monoisotopic (exact) mass is 240 g/mol. The second-order valence-electron chi connectivity index (χ2n) is 4.12. The van der Waals surface area contributed by atoms with Crippen LogP contribution in [0, 0.1) is 0 Å². The average Bonchev–Trinajstić information content (AvgIpc) is 2.29. The highest BCUT2D eigenvalue weighted by atomic mass is 35.5. The molecule has 0 saturated carbocycles. The van der Waals surface area contributed by atoms with Crippen LogP contribution in [-0.4, -0.2) is 31.6 Å². The summed E-state index contributed by atoms with van der Waals surface area (Å²) in [4.78, 5) is 2.29. The van der Waals surface area contributed by atoms with Gasteiger partial charge in [0.25, 0.3) is 0 Å². The molecular formula is C13H21ClN2. The van der Waals surface area contributed by atoms with Gasteiger partial charge in [-0.25, -0.2) is 0 Å². The predicted octanol–water partition coefficient (Wildman–Crippen LogP) is 2.94. The molecule has 1 N–H and O–H groups in total. The second kappa shape index (κ2) is 6.89. The number of halogens is 1. The molecule has 1 unspecified atom stereocenters. The third kappa shape index (κ3) is 4.52. The fourth-order valence-electron chi connectivity index (χ4n) is 1.50. The first-order valence-corrected chi connectivity index (χ1v) is 6.18. The van der Waals surface area contributed by atoms with Gasteiger partial charge in [-0.3, -0.25) is 0 Å². The normalized spacial score (nSPS) is 13.1. The highest BCUT2D eigenvalue weighted by Gasteiger charge is 2.04. The van der Waals surface area contributed by atoms with Gasteiger partial charge in [-0.05, 0) is 38.2 Å². The van der Waals surface area contributed by atoms with Crippen molar-refractivity contribution in [2.24, 2.45) is 0 Å². The molecule has 3 heteroatoms. The van der Waals surface area contributed by atoms with Crippen molar-refractivity contribution in [2.45, 2.75) is 19.9 Å². The Labute approximate surface area is 104 Å². The standard InChI is InChI=1S/C13H21ClN2/c1-4-16(3)10-9-15-11(2)12-5-7-13(14)8-6-12/h5-8,11,15H,4,9-10H2,1-3H3. The molecule has 1 atom stereocenters. The summed E-state index contributed by atoms with van der Waals surface area (Å²) in [7, 11) is 2.13. The van der Waals surface area contributed by atoms with Crippen molar-refractivity contribution in [3.63, 3.8) is 0 Å². The minimum atomic E-state index is 0.377. The lowest BCUT2D eigenvalue weighted by Gasteiger charge is -2.18. The van der Waals surface area contributed by atoms with E-state index in [9.17, 15) is 0 Å². The molecule has 0 spiro atoms. The van der Waals surface area contributed by atoms with Gasteiger partial charge in [0.1, 0.15) is 0 Å². The Kier molecular flexibility index (Phi) is 5.81. The molecule has 16 heavy (non-hydrogen) atoms. The Bertz CT molecular complexity index is 297. The van der Waals surface area contributed by atoms with E-state index in [4.69, 9.17) is 11.6 Å². The molecule has 0 aromatic heterocycles.